The van der Waals surface area contributed by atoms with Crippen molar-refractivity contribution >= 4 is 52.2 Å². The van der Waals surface area contributed by atoms with Gasteiger partial charge in [0.25, 0.3) is 17.1 Å². The normalized spacial score (nSPS) is 15.0. The van der Waals surface area contributed by atoms with Crippen molar-refractivity contribution in [2.45, 2.75) is 13.8 Å². The molecule has 2 aliphatic rings. The van der Waals surface area contributed by atoms with E-state index < -0.39 is 23.6 Å². The topological polar surface area (TPSA) is 133 Å². The predicted molar refractivity (Wildman–Crippen MR) is 162 cm³/mol. The van der Waals surface area contributed by atoms with E-state index in [1.54, 1.807) is 36.4 Å². The number of hydrogen-bond donors (Lipinski definition) is 2. The standard InChI is InChI=1S/C31H29N3O8S/c1-18-4-6-21(12-19(18)2)33-29(36)17-42-23-8-5-20(13-25(23)39-3)14-27-30(37)34(31(38)43-27)16-28(35)32-22-7-9-24-26(15-22)41-11-10-40-24/h4-9,12-15H,10-11,16-17H2,1-3H3,(H,32,35)(H,33,36)/b27-14+. The van der Waals surface area contributed by atoms with E-state index in [2.05, 4.69) is 10.6 Å². The summed E-state index contributed by atoms with van der Waals surface area (Å²) in [5.41, 5.74) is 3.88. The molecule has 2 aliphatic heterocycles. The molecule has 0 radical (unpaired) electrons. The van der Waals surface area contributed by atoms with Gasteiger partial charge in [0.2, 0.25) is 5.91 Å². The maximum Gasteiger partial charge on any atom is 0.294 e. The third-order valence-corrected chi connectivity index (χ3v) is 7.54. The van der Waals surface area contributed by atoms with Gasteiger partial charge in [-0.05, 0) is 84.8 Å². The Morgan fingerprint density at radius 1 is 0.884 bits per heavy atom. The molecular formula is C31H29N3O8S. The van der Waals surface area contributed by atoms with Gasteiger partial charge in [-0.1, -0.05) is 12.1 Å². The number of carbonyl (C=O) groups is 4. The van der Waals surface area contributed by atoms with E-state index in [0.717, 1.165) is 27.8 Å². The quantitative estimate of drug-likeness (QED) is 0.332. The summed E-state index contributed by atoms with van der Waals surface area (Å²) in [4.78, 5) is 51.7. The number of nitrogens with one attached hydrogen (secondary N) is 2. The molecule has 0 saturated carbocycles. The molecule has 2 N–H and O–H groups in total. The van der Waals surface area contributed by atoms with Gasteiger partial charge in [-0.25, -0.2) is 0 Å². The Bertz CT molecular complexity index is 1640. The van der Waals surface area contributed by atoms with Crippen molar-refractivity contribution in [2.75, 3.05) is 44.1 Å². The molecule has 0 unspecified atom stereocenters. The Morgan fingerprint density at radius 3 is 2.37 bits per heavy atom. The number of ether oxygens (including phenoxy) is 4. The molecule has 4 amide bonds. The summed E-state index contributed by atoms with van der Waals surface area (Å²) in [5.74, 6) is 0.297. The average Bonchev–Trinajstić information content (AvgIpc) is 3.25. The number of amides is 4. The number of aryl methyl sites for hydroxylation is 2. The molecule has 3 aromatic rings. The molecule has 11 nitrogen and oxygen atoms in total. The van der Waals surface area contributed by atoms with E-state index >= 15 is 0 Å². The number of anilines is 2. The summed E-state index contributed by atoms with van der Waals surface area (Å²) < 4.78 is 22.1. The summed E-state index contributed by atoms with van der Waals surface area (Å²) >= 11 is 0.735. The smallest absolute Gasteiger partial charge is 0.294 e. The number of hydrogen-bond acceptors (Lipinski definition) is 9. The van der Waals surface area contributed by atoms with Crippen LogP contribution in [0.2, 0.25) is 0 Å². The Kier molecular flexibility index (Phi) is 8.86. The summed E-state index contributed by atoms with van der Waals surface area (Å²) in [6.07, 6.45) is 1.53. The highest BCUT2D eigenvalue weighted by atomic mass is 32.2. The predicted octanol–water partition coefficient (Wildman–Crippen LogP) is 4.78. The molecule has 2 heterocycles. The lowest BCUT2D eigenvalue weighted by Crippen LogP contribution is -2.36. The first-order chi connectivity index (χ1) is 20.7. The van der Waals surface area contributed by atoms with Crippen LogP contribution in [0.5, 0.6) is 23.0 Å². The summed E-state index contributed by atoms with van der Waals surface area (Å²) in [7, 11) is 1.45. The lowest BCUT2D eigenvalue weighted by atomic mass is 10.1. The van der Waals surface area contributed by atoms with Crippen LogP contribution in [0.1, 0.15) is 16.7 Å². The van der Waals surface area contributed by atoms with Crippen LogP contribution in [-0.2, 0) is 14.4 Å². The third kappa shape index (κ3) is 7.09. The van der Waals surface area contributed by atoms with Crippen molar-refractivity contribution in [3.8, 4) is 23.0 Å². The van der Waals surface area contributed by atoms with E-state index in [1.807, 2.05) is 32.0 Å². The lowest BCUT2D eigenvalue weighted by molar-refractivity contribution is -0.127. The molecular weight excluding hydrogens is 574 g/mol. The second kappa shape index (κ2) is 12.9. The van der Waals surface area contributed by atoms with Crippen molar-refractivity contribution in [1.82, 2.24) is 4.90 Å². The van der Waals surface area contributed by atoms with Gasteiger partial charge < -0.3 is 29.6 Å². The minimum Gasteiger partial charge on any atom is -0.493 e. The number of benzene rings is 3. The van der Waals surface area contributed by atoms with Crippen LogP contribution >= 0.6 is 11.8 Å². The van der Waals surface area contributed by atoms with E-state index in [4.69, 9.17) is 18.9 Å². The fraction of sp³-hybridized carbons (Fsp3) is 0.226. The van der Waals surface area contributed by atoms with Gasteiger partial charge in [0.15, 0.2) is 29.6 Å². The number of fused-ring (bicyclic) bond motifs is 1. The third-order valence-electron chi connectivity index (χ3n) is 6.64. The zero-order chi connectivity index (χ0) is 30.5. The minimum absolute atomic E-state index is 0.153. The largest absolute Gasteiger partial charge is 0.493 e. The Morgan fingerprint density at radius 2 is 1.60 bits per heavy atom. The Hall–Kier alpha value is -4.97. The maximum absolute atomic E-state index is 13.0. The van der Waals surface area contributed by atoms with Gasteiger partial charge in [0.05, 0.1) is 12.0 Å². The minimum atomic E-state index is -0.588. The second-order valence-corrected chi connectivity index (χ2v) is 10.7. The van der Waals surface area contributed by atoms with Crippen molar-refractivity contribution < 1.29 is 38.1 Å². The lowest BCUT2D eigenvalue weighted by Gasteiger charge is -2.19. The fourth-order valence-electron chi connectivity index (χ4n) is 4.31. The monoisotopic (exact) mass is 603 g/mol. The SMILES string of the molecule is COc1cc(/C=C2/SC(=O)N(CC(=O)Nc3ccc4c(c3)OCCO4)C2=O)ccc1OCC(=O)Nc1ccc(C)c(C)c1. The number of thioether (sulfide) groups is 1. The van der Waals surface area contributed by atoms with Gasteiger partial charge >= 0.3 is 0 Å². The number of imide groups is 1. The van der Waals surface area contributed by atoms with Crippen molar-refractivity contribution in [2.24, 2.45) is 0 Å². The molecule has 1 saturated heterocycles. The van der Waals surface area contributed by atoms with Crippen LogP contribution in [0.15, 0.2) is 59.5 Å². The number of nitrogens with zero attached hydrogens (tertiary/aromatic N) is 1. The highest BCUT2D eigenvalue weighted by molar-refractivity contribution is 8.18. The first-order valence-electron chi connectivity index (χ1n) is 13.3. The van der Waals surface area contributed by atoms with E-state index in [-0.39, 0.29) is 17.4 Å². The van der Waals surface area contributed by atoms with Gasteiger partial charge in [0, 0.05) is 17.4 Å². The van der Waals surface area contributed by atoms with Crippen molar-refractivity contribution in [1.29, 1.82) is 0 Å². The highest BCUT2D eigenvalue weighted by Gasteiger charge is 2.36. The first kappa shape index (κ1) is 29.5. The Balaban J connectivity index is 1.19. The van der Waals surface area contributed by atoms with E-state index in [1.165, 1.54) is 13.2 Å². The highest BCUT2D eigenvalue weighted by Crippen LogP contribution is 2.35. The molecule has 5 rings (SSSR count). The Labute approximate surface area is 252 Å². The fourth-order valence-corrected chi connectivity index (χ4v) is 5.14. The molecule has 0 atom stereocenters. The van der Waals surface area contributed by atoms with Crippen LogP contribution in [0.4, 0.5) is 16.2 Å². The number of rotatable bonds is 9. The molecule has 12 heteroatoms. The first-order valence-corrected chi connectivity index (χ1v) is 14.1. The van der Waals surface area contributed by atoms with Crippen LogP contribution in [0.3, 0.4) is 0 Å². The van der Waals surface area contributed by atoms with Crippen LogP contribution < -0.4 is 29.6 Å². The van der Waals surface area contributed by atoms with Gasteiger partial charge in [-0.15, -0.1) is 0 Å². The maximum atomic E-state index is 13.0. The zero-order valence-corrected chi connectivity index (χ0v) is 24.5. The molecule has 0 aromatic heterocycles. The van der Waals surface area contributed by atoms with Crippen molar-refractivity contribution in [3.63, 3.8) is 0 Å². The van der Waals surface area contributed by atoms with Crippen LogP contribution in [0.25, 0.3) is 6.08 Å². The second-order valence-electron chi connectivity index (χ2n) is 9.72. The molecule has 43 heavy (non-hydrogen) atoms. The van der Waals surface area contributed by atoms with Crippen LogP contribution in [-0.4, -0.2) is 61.3 Å². The molecule has 0 aliphatic carbocycles. The molecule has 0 bridgehead atoms. The zero-order valence-electron chi connectivity index (χ0n) is 23.7. The molecule has 3 aromatic carbocycles. The summed E-state index contributed by atoms with van der Waals surface area (Å²) in [6.45, 7) is 4.12. The summed E-state index contributed by atoms with van der Waals surface area (Å²) in [6, 6.07) is 15.5. The number of methoxy groups -OCH3 is 1. The molecule has 222 valence electrons. The molecule has 1 fully saturated rings. The van der Waals surface area contributed by atoms with Gasteiger partial charge in [0.1, 0.15) is 19.8 Å². The van der Waals surface area contributed by atoms with E-state index in [9.17, 15) is 19.2 Å². The van der Waals surface area contributed by atoms with Crippen LogP contribution in [0, 0.1) is 13.8 Å². The van der Waals surface area contributed by atoms with Gasteiger partial charge in [-0.2, -0.15) is 0 Å². The number of carbonyl (C=O) groups excluding carboxylic acids is 4. The summed E-state index contributed by atoms with van der Waals surface area (Å²) in [5, 5.41) is 4.91. The molecule has 0 spiro atoms. The van der Waals surface area contributed by atoms with Gasteiger partial charge in [-0.3, -0.25) is 24.1 Å². The van der Waals surface area contributed by atoms with E-state index in [0.29, 0.717) is 53.2 Å². The average molecular weight is 604 g/mol. The van der Waals surface area contributed by atoms with Crippen molar-refractivity contribution in [3.05, 3.63) is 76.2 Å².